The van der Waals surface area contributed by atoms with Crippen molar-refractivity contribution >= 4 is 23.9 Å². The van der Waals surface area contributed by atoms with Gasteiger partial charge in [-0.2, -0.15) is 0 Å². The highest BCUT2D eigenvalue weighted by atomic mass is 16.6. The molecule has 0 aromatic heterocycles. The van der Waals surface area contributed by atoms with E-state index < -0.39 is 41.9 Å². The van der Waals surface area contributed by atoms with Crippen LogP contribution in [0.5, 0.6) is 0 Å². The summed E-state index contributed by atoms with van der Waals surface area (Å²) in [7, 11) is 0. The van der Waals surface area contributed by atoms with Crippen LogP contribution in [0.15, 0.2) is 4.99 Å². The molecule has 2 amide bonds. The molecule has 0 aliphatic heterocycles. The van der Waals surface area contributed by atoms with Gasteiger partial charge in [0.15, 0.2) is 5.96 Å². The van der Waals surface area contributed by atoms with Crippen LogP contribution in [0.3, 0.4) is 0 Å². The number of nitrogens with two attached hydrogens (primary N) is 4. The van der Waals surface area contributed by atoms with E-state index in [-0.39, 0.29) is 25.3 Å². The second kappa shape index (κ2) is 13.6. The minimum atomic E-state index is -1.20. The highest BCUT2D eigenvalue weighted by molar-refractivity contribution is 5.89. The SMILES string of the molecule is CC(C)(C)OC(=O)N[C@@H](CCCN=C(N)N)C(=O)N[C@@H](CCCNC(N)N)C(=O)O. The molecule has 174 valence electrons. The molecule has 0 saturated carbocycles. The van der Waals surface area contributed by atoms with Gasteiger partial charge in [-0.1, -0.05) is 0 Å². The van der Waals surface area contributed by atoms with Gasteiger partial charge in [-0.15, -0.1) is 0 Å². The maximum absolute atomic E-state index is 12.6. The average Bonchev–Trinajstić information content (AvgIpc) is 2.57. The first-order valence-corrected chi connectivity index (χ1v) is 9.64. The molecule has 0 bridgehead atoms. The van der Waals surface area contributed by atoms with E-state index in [1.165, 1.54) is 0 Å². The monoisotopic (exact) mass is 432 g/mol. The van der Waals surface area contributed by atoms with Gasteiger partial charge < -0.3 is 43.4 Å². The van der Waals surface area contributed by atoms with Crippen LogP contribution in [0.25, 0.3) is 0 Å². The Bertz CT molecular complexity index is 587. The van der Waals surface area contributed by atoms with Crippen LogP contribution in [0.2, 0.25) is 0 Å². The van der Waals surface area contributed by atoms with E-state index in [4.69, 9.17) is 27.7 Å². The Morgan fingerprint density at radius 3 is 2.13 bits per heavy atom. The number of nitrogens with one attached hydrogen (secondary N) is 3. The third kappa shape index (κ3) is 14.4. The summed E-state index contributed by atoms with van der Waals surface area (Å²) < 4.78 is 5.17. The molecule has 13 heteroatoms. The third-order valence-corrected chi connectivity index (χ3v) is 3.62. The predicted molar refractivity (Wildman–Crippen MR) is 112 cm³/mol. The van der Waals surface area contributed by atoms with Gasteiger partial charge in [-0.3, -0.25) is 15.1 Å². The number of ether oxygens (including phenoxy) is 1. The number of guanidine groups is 1. The molecule has 0 aliphatic carbocycles. The summed E-state index contributed by atoms with van der Waals surface area (Å²) in [4.78, 5) is 40.0. The van der Waals surface area contributed by atoms with E-state index in [2.05, 4.69) is 20.9 Å². The molecular formula is C17H36N8O5. The van der Waals surface area contributed by atoms with Crippen molar-refractivity contribution in [2.45, 2.75) is 70.4 Å². The molecular weight excluding hydrogens is 396 g/mol. The molecule has 0 aliphatic rings. The highest BCUT2D eigenvalue weighted by Gasteiger charge is 2.27. The van der Waals surface area contributed by atoms with Gasteiger partial charge in [0, 0.05) is 6.54 Å². The largest absolute Gasteiger partial charge is 0.480 e. The van der Waals surface area contributed by atoms with Crippen molar-refractivity contribution < 1.29 is 24.2 Å². The first-order valence-electron chi connectivity index (χ1n) is 9.64. The fourth-order valence-electron chi connectivity index (χ4n) is 2.33. The lowest BCUT2D eigenvalue weighted by Gasteiger charge is -2.24. The molecule has 30 heavy (non-hydrogen) atoms. The minimum absolute atomic E-state index is 0.0900. The van der Waals surface area contributed by atoms with Crippen LogP contribution >= 0.6 is 0 Å². The number of aliphatic imine (C=N–C) groups is 1. The Balaban J connectivity index is 4.99. The molecule has 12 N–H and O–H groups in total. The van der Waals surface area contributed by atoms with Crippen molar-refractivity contribution in [1.82, 2.24) is 16.0 Å². The van der Waals surface area contributed by atoms with Gasteiger partial charge >= 0.3 is 12.1 Å². The number of carbonyl (C=O) groups excluding carboxylic acids is 2. The first-order chi connectivity index (χ1) is 13.8. The van der Waals surface area contributed by atoms with Gasteiger partial charge in [0.25, 0.3) is 0 Å². The minimum Gasteiger partial charge on any atom is -0.480 e. The van der Waals surface area contributed by atoms with Crippen LogP contribution in [0.1, 0.15) is 46.5 Å². The number of carboxylic acid groups (broad SMARTS) is 1. The van der Waals surface area contributed by atoms with Crippen molar-refractivity contribution in [2.24, 2.45) is 27.9 Å². The zero-order chi connectivity index (χ0) is 23.3. The number of aliphatic carboxylic acids is 1. The smallest absolute Gasteiger partial charge is 0.408 e. The molecule has 0 unspecified atom stereocenters. The lowest BCUT2D eigenvalue weighted by molar-refractivity contribution is -0.142. The van der Waals surface area contributed by atoms with Crippen LogP contribution in [-0.2, 0) is 14.3 Å². The molecule has 0 radical (unpaired) electrons. The fraction of sp³-hybridized carbons (Fsp3) is 0.765. The summed E-state index contributed by atoms with van der Waals surface area (Å²) >= 11 is 0. The Labute approximate surface area is 176 Å². The number of nitrogens with zero attached hydrogens (tertiary/aromatic N) is 1. The van der Waals surface area contributed by atoms with Gasteiger partial charge in [-0.05, 0) is 53.0 Å². The Morgan fingerprint density at radius 1 is 1.03 bits per heavy atom. The van der Waals surface area contributed by atoms with Crippen molar-refractivity contribution in [3.05, 3.63) is 0 Å². The topological polar surface area (TPSA) is 233 Å². The Hall–Kier alpha value is -2.64. The molecule has 0 aromatic rings. The van der Waals surface area contributed by atoms with Gasteiger partial charge in [-0.25, -0.2) is 9.59 Å². The molecule has 13 nitrogen and oxygen atoms in total. The number of amides is 2. The number of hydrogen-bond acceptors (Lipinski definition) is 8. The van der Waals surface area contributed by atoms with E-state index in [0.29, 0.717) is 19.4 Å². The van der Waals surface area contributed by atoms with Gasteiger partial charge in [0.05, 0.1) is 0 Å². The van der Waals surface area contributed by atoms with Crippen LogP contribution in [0.4, 0.5) is 4.79 Å². The maximum Gasteiger partial charge on any atom is 0.408 e. The summed E-state index contributed by atoms with van der Waals surface area (Å²) in [5, 5.41) is 17.0. The Kier molecular flexibility index (Phi) is 12.4. The van der Waals surface area contributed by atoms with Crippen molar-refractivity contribution in [3.63, 3.8) is 0 Å². The summed E-state index contributed by atoms with van der Waals surface area (Å²) in [6, 6.07) is -2.17. The van der Waals surface area contributed by atoms with Crippen molar-refractivity contribution in [2.75, 3.05) is 13.1 Å². The number of carbonyl (C=O) groups is 3. The number of carboxylic acids is 1. The van der Waals surface area contributed by atoms with Crippen molar-refractivity contribution in [3.8, 4) is 0 Å². The molecule has 2 atom stereocenters. The number of alkyl carbamates (subject to hydrolysis) is 1. The summed E-state index contributed by atoms with van der Waals surface area (Å²) in [6.07, 6.45) is -0.391. The fourth-order valence-corrected chi connectivity index (χ4v) is 2.33. The standard InChI is InChI=1S/C17H36N8O5/c1-17(2,3)30-16(29)25-10(6-4-8-22-14(18)19)12(26)24-11(13(27)28)7-5-9-23-15(20)21/h10-11,15,23H,4-9,20-21H2,1-3H3,(H,24,26)(H,25,29)(H,27,28)(H4,18,19,22)/t10-,11-/m0/s1. The second-order valence-electron chi connectivity index (χ2n) is 7.67. The average molecular weight is 433 g/mol. The Morgan fingerprint density at radius 2 is 1.63 bits per heavy atom. The van der Waals surface area contributed by atoms with Crippen molar-refractivity contribution in [1.29, 1.82) is 0 Å². The summed E-state index contributed by atoms with van der Waals surface area (Å²) in [5.41, 5.74) is 20.5. The quantitative estimate of drug-likeness (QED) is 0.0694. The molecule has 0 aromatic carbocycles. The lowest BCUT2D eigenvalue weighted by Crippen LogP contribution is -2.52. The third-order valence-electron chi connectivity index (χ3n) is 3.62. The van der Waals surface area contributed by atoms with Crippen LogP contribution in [0, 0.1) is 0 Å². The predicted octanol–water partition coefficient (Wildman–Crippen LogP) is -1.93. The van der Waals surface area contributed by atoms with Crippen LogP contribution in [-0.4, -0.2) is 66.1 Å². The van der Waals surface area contributed by atoms with Crippen LogP contribution < -0.4 is 38.9 Å². The first kappa shape index (κ1) is 27.4. The van der Waals surface area contributed by atoms with Gasteiger partial charge in [0.2, 0.25) is 5.91 Å². The molecule has 0 rings (SSSR count). The second-order valence-corrected chi connectivity index (χ2v) is 7.67. The van der Waals surface area contributed by atoms with E-state index in [0.717, 1.165) is 0 Å². The number of rotatable bonds is 13. The van der Waals surface area contributed by atoms with E-state index in [9.17, 15) is 19.5 Å². The zero-order valence-corrected chi connectivity index (χ0v) is 17.8. The van der Waals surface area contributed by atoms with E-state index >= 15 is 0 Å². The summed E-state index contributed by atoms with van der Waals surface area (Å²) in [5.74, 6) is -1.94. The molecule has 0 heterocycles. The summed E-state index contributed by atoms with van der Waals surface area (Å²) in [6.45, 7) is 5.68. The lowest BCUT2D eigenvalue weighted by atomic mass is 10.1. The van der Waals surface area contributed by atoms with Gasteiger partial charge in [0.1, 0.15) is 24.0 Å². The normalized spacial score (nSPS) is 13.3. The molecule has 0 fully saturated rings. The molecule has 0 spiro atoms. The molecule has 0 saturated heterocycles. The highest BCUT2D eigenvalue weighted by Crippen LogP contribution is 2.08. The zero-order valence-electron chi connectivity index (χ0n) is 17.8. The van der Waals surface area contributed by atoms with E-state index in [1.54, 1.807) is 20.8 Å². The number of hydrogen-bond donors (Lipinski definition) is 8. The maximum atomic E-state index is 12.6. The van der Waals surface area contributed by atoms with E-state index in [1.807, 2.05) is 0 Å².